The molecule has 86 valence electrons. The SMILES string of the molecule is CNC(=O)c1cc(OC2CC2)cc(OC)n1. The highest BCUT2D eigenvalue weighted by Gasteiger charge is 2.24. The Hall–Kier alpha value is -1.78. The number of hydrogen-bond acceptors (Lipinski definition) is 4. The number of amides is 1. The normalized spacial score (nSPS) is 14.4. The maximum atomic E-state index is 11.5. The van der Waals surface area contributed by atoms with Crippen LogP contribution in [0.25, 0.3) is 0 Å². The van der Waals surface area contributed by atoms with Crippen LogP contribution >= 0.6 is 0 Å². The molecular formula is C11H14N2O3. The first-order chi connectivity index (χ1) is 7.72. The van der Waals surface area contributed by atoms with Gasteiger partial charge in [0, 0.05) is 19.2 Å². The molecule has 1 saturated carbocycles. The first-order valence-corrected chi connectivity index (χ1v) is 5.17. The highest BCUT2D eigenvalue weighted by atomic mass is 16.5. The van der Waals surface area contributed by atoms with Crippen molar-refractivity contribution in [1.29, 1.82) is 0 Å². The Labute approximate surface area is 93.8 Å². The van der Waals surface area contributed by atoms with Crippen LogP contribution in [-0.2, 0) is 0 Å². The second-order valence-electron chi connectivity index (χ2n) is 3.63. The minimum Gasteiger partial charge on any atom is -0.490 e. The van der Waals surface area contributed by atoms with Gasteiger partial charge in [-0.25, -0.2) is 4.98 Å². The largest absolute Gasteiger partial charge is 0.490 e. The number of ether oxygens (including phenoxy) is 2. The molecule has 1 N–H and O–H groups in total. The van der Waals surface area contributed by atoms with Crippen molar-refractivity contribution in [1.82, 2.24) is 10.3 Å². The van der Waals surface area contributed by atoms with Crippen LogP contribution in [0.4, 0.5) is 0 Å². The Morgan fingerprint density at radius 3 is 2.81 bits per heavy atom. The molecule has 5 nitrogen and oxygen atoms in total. The van der Waals surface area contributed by atoms with Crippen molar-refractivity contribution in [2.45, 2.75) is 18.9 Å². The third-order valence-corrected chi connectivity index (χ3v) is 2.27. The fourth-order valence-electron chi connectivity index (χ4n) is 1.28. The first-order valence-electron chi connectivity index (χ1n) is 5.17. The van der Waals surface area contributed by atoms with E-state index >= 15 is 0 Å². The van der Waals surface area contributed by atoms with Crippen molar-refractivity contribution in [2.24, 2.45) is 0 Å². The molecule has 16 heavy (non-hydrogen) atoms. The van der Waals surface area contributed by atoms with Crippen LogP contribution in [0.15, 0.2) is 12.1 Å². The molecular weight excluding hydrogens is 208 g/mol. The van der Waals surface area contributed by atoms with Crippen molar-refractivity contribution in [2.75, 3.05) is 14.2 Å². The molecule has 0 aromatic carbocycles. The minimum absolute atomic E-state index is 0.250. The number of pyridine rings is 1. The summed E-state index contributed by atoms with van der Waals surface area (Å²) >= 11 is 0. The van der Waals surface area contributed by atoms with Crippen LogP contribution in [0.1, 0.15) is 23.3 Å². The van der Waals surface area contributed by atoms with Gasteiger partial charge in [-0.3, -0.25) is 4.79 Å². The molecule has 0 bridgehead atoms. The number of nitrogens with zero attached hydrogens (tertiary/aromatic N) is 1. The zero-order valence-corrected chi connectivity index (χ0v) is 9.32. The average molecular weight is 222 g/mol. The summed E-state index contributed by atoms with van der Waals surface area (Å²) in [5.41, 5.74) is 0.303. The highest BCUT2D eigenvalue weighted by molar-refractivity contribution is 5.92. The van der Waals surface area contributed by atoms with E-state index in [1.165, 1.54) is 7.11 Å². The molecule has 1 fully saturated rings. The second-order valence-corrected chi connectivity index (χ2v) is 3.63. The van der Waals surface area contributed by atoms with E-state index in [1.807, 2.05) is 0 Å². The van der Waals surface area contributed by atoms with Crippen molar-refractivity contribution in [3.8, 4) is 11.6 Å². The van der Waals surface area contributed by atoms with Crippen LogP contribution in [0.5, 0.6) is 11.6 Å². The Balaban J connectivity index is 2.25. The number of carbonyl (C=O) groups excluding carboxylic acids is 1. The van der Waals surface area contributed by atoms with E-state index < -0.39 is 0 Å². The second kappa shape index (κ2) is 4.38. The quantitative estimate of drug-likeness (QED) is 0.825. The molecule has 1 aromatic heterocycles. The fraction of sp³-hybridized carbons (Fsp3) is 0.455. The molecule has 0 radical (unpaired) electrons. The topological polar surface area (TPSA) is 60.5 Å². The summed E-state index contributed by atoms with van der Waals surface area (Å²) in [4.78, 5) is 15.5. The van der Waals surface area contributed by atoms with Gasteiger partial charge in [-0.2, -0.15) is 0 Å². The van der Waals surface area contributed by atoms with Crippen LogP contribution in [0.3, 0.4) is 0 Å². The zero-order chi connectivity index (χ0) is 11.5. The maximum Gasteiger partial charge on any atom is 0.269 e. The molecule has 5 heteroatoms. The summed E-state index contributed by atoms with van der Waals surface area (Å²) in [5.74, 6) is 0.768. The fourth-order valence-corrected chi connectivity index (χ4v) is 1.28. The highest BCUT2D eigenvalue weighted by Crippen LogP contribution is 2.28. The predicted molar refractivity (Wildman–Crippen MR) is 57.8 cm³/mol. The molecule has 0 spiro atoms. The molecule has 1 heterocycles. The average Bonchev–Trinajstić information content (AvgIpc) is 3.11. The predicted octanol–water partition coefficient (Wildman–Crippen LogP) is 0.991. The van der Waals surface area contributed by atoms with E-state index in [-0.39, 0.29) is 12.0 Å². The lowest BCUT2D eigenvalue weighted by atomic mass is 10.3. The molecule has 1 aliphatic rings. The standard InChI is InChI=1S/C11H14N2O3/c1-12-11(14)9-5-8(16-7-3-4-7)6-10(13-9)15-2/h5-7H,3-4H2,1-2H3,(H,12,14). The first kappa shape index (κ1) is 10.7. The van der Waals surface area contributed by atoms with Gasteiger partial charge in [0.1, 0.15) is 11.4 Å². The number of rotatable bonds is 4. The van der Waals surface area contributed by atoms with Gasteiger partial charge in [-0.05, 0) is 12.8 Å². The van der Waals surface area contributed by atoms with Crippen LogP contribution in [0, 0.1) is 0 Å². The van der Waals surface area contributed by atoms with Gasteiger partial charge in [-0.1, -0.05) is 0 Å². The van der Waals surface area contributed by atoms with E-state index in [9.17, 15) is 4.79 Å². The van der Waals surface area contributed by atoms with Crippen molar-refractivity contribution < 1.29 is 14.3 Å². The minimum atomic E-state index is -0.250. The summed E-state index contributed by atoms with van der Waals surface area (Å²) in [7, 11) is 3.07. The van der Waals surface area contributed by atoms with Crippen LogP contribution in [-0.4, -0.2) is 31.2 Å². The van der Waals surface area contributed by atoms with E-state index in [4.69, 9.17) is 9.47 Å². The monoisotopic (exact) mass is 222 g/mol. The molecule has 1 amide bonds. The van der Waals surface area contributed by atoms with E-state index in [2.05, 4.69) is 10.3 Å². The summed E-state index contributed by atoms with van der Waals surface area (Å²) in [6.45, 7) is 0. The molecule has 1 aromatic rings. The van der Waals surface area contributed by atoms with Crippen molar-refractivity contribution in [3.05, 3.63) is 17.8 Å². The summed E-state index contributed by atoms with van der Waals surface area (Å²) in [6.07, 6.45) is 2.42. The Kier molecular flexibility index (Phi) is 2.94. The van der Waals surface area contributed by atoms with Crippen molar-refractivity contribution in [3.63, 3.8) is 0 Å². The van der Waals surface area contributed by atoms with Gasteiger partial charge in [0.25, 0.3) is 5.91 Å². The molecule has 0 aliphatic heterocycles. The van der Waals surface area contributed by atoms with Gasteiger partial charge < -0.3 is 14.8 Å². The number of methoxy groups -OCH3 is 1. The van der Waals surface area contributed by atoms with E-state index in [0.717, 1.165) is 12.8 Å². The number of aromatic nitrogens is 1. The summed E-state index contributed by atoms with van der Waals surface area (Å²) in [5, 5.41) is 2.52. The smallest absolute Gasteiger partial charge is 0.269 e. The van der Waals surface area contributed by atoms with Gasteiger partial charge in [0.2, 0.25) is 5.88 Å². The Morgan fingerprint density at radius 2 is 2.25 bits per heavy atom. The van der Waals surface area contributed by atoms with E-state index in [0.29, 0.717) is 17.3 Å². The lowest BCUT2D eigenvalue weighted by Crippen LogP contribution is -2.19. The van der Waals surface area contributed by atoms with Crippen LogP contribution < -0.4 is 14.8 Å². The lowest BCUT2D eigenvalue weighted by Gasteiger charge is -2.08. The zero-order valence-electron chi connectivity index (χ0n) is 9.32. The Bertz CT molecular complexity index is 402. The molecule has 2 rings (SSSR count). The third kappa shape index (κ3) is 2.42. The summed E-state index contributed by atoms with van der Waals surface area (Å²) < 4.78 is 10.6. The molecule has 0 unspecified atom stereocenters. The van der Waals surface area contributed by atoms with Gasteiger partial charge >= 0.3 is 0 Å². The maximum absolute atomic E-state index is 11.5. The molecule has 0 saturated heterocycles. The number of carbonyl (C=O) groups is 1. The Morgan fingerprint density at radius 1 is 1.50 bits per heavy atom. The molecule has 0 atom stereocenters. The summed E-state index contributed by atoms with van der Waals surface area (Å²) in [6, 6.07) is 3.31. The van der Waals surface area contributed by atoms with Crippen LogP contribution in [0.2, 0.25) is 0 Å². The third-order valence-electron chi connectivity index (χ3n) is 2.27. The van der Waals surface area contributed by atoms with E-state index in [1.54, 1.807) is 19.2 Å². The van der Waals surface area contributed by atoms with Gasteiger partial charge in [-0.15, -0.1) is 0 Å². The number of hydrogen-bond donors (Lipinski definition) is 1. The van der Waals surface area contributed by atoms with Gasteiger partial charge in [0.05, 0.1) is 13.2 Å². The molecule has 1 aliphatic carbocycles. The lowest BCUT2D eigenvalue weighted by molar-refractivity contribution is 0.0956. The van der Waals surface area contributed by atoms with Gasteiger partial charge in [0.15, 0.2) is 0 Å². The number of nitrogens with one attached hydrogen (secondary N) is 1. The van der Waals surface area contributed by atoms with Crippen molar-refractivity contribution >= 4 is 5.91 Å².